The summed E-state index contributed by atoms with van der Waals surface area (Å²) in [5, 5.41) is 3.31. The van der Waals surface area contributed by atoms with Gasteiger partial charge < -0.3 is 10.3 Å². The van der Waals surface area contributed by atoms with Gasteiger partial charge in [0.05, 0.1) is 23.3 Å². The van der Waals surface area contributed by atoms with Crippen LogP contribution in [-0.4, -0.2) is 28.8 Å². The molecule has 0 spiro atoms. The van der Waals surface area contributed by atoms with Crippen molar-refractivity contribution in [2.45, 2.75) is 13.0 Å². The number of aromatic nitrogens is 1. The van der Waals surface area contributed by atoms with E-state index in [9.17, 15) is 0 Å². The Morgan fingerprint density at radius 1 is 0.596 bits per heavy atom. The van der Waals surface area contributed by atoms with Crippen molar-refractivity contribution in [2.75, 3.05) is 0 Å². The number of thiophene rings is 1. The summed E-state index contributed by atoms with van der Waals surface area (Å²) in [4.78, 5) is 20.8. The van der Waals surface area contributed by atoms with E-state index in [4.69, 9.17) is 20.7 Å². The van der Waals surface area contributed by atoms with Crippen molar-refractivity contribution in [3.8, 4) is 16.8 Å². The van der Waals surface area contributed by atoms with Crippen LogP contribution >= 0.6 is 11.3 Å². The van der Waals surface area contributed by atoms with E-state index in [0.29, 0.717) is 30.5 Å². The fraction of sp³-hybridized carbons (Fsp3) is 0.0400. The third kappa shape index (κ3) is 7.32. The zero-order chi connectivity index (χ0) is 38.6. The van der Waals surface area contributed by atoms with Crippen molar-refractivity contribution in [1.82, 2.24) is 4.57 Å². The monoisotopic (exact) mass is 754 g/mol. The molecule has 0 atom stereocenters. The molecule has 57 heavy (non-hydrogen) atoms. The standard InChI is InChI=1S/C50H38N6S/c1-52-50(37-27-25-36(26-28-37)35-17-7-3-8-18-35)54-47(53-33-34-15-5-2-6-16-34)32-46-48(41-22-12-14-24-45(41)57-46)55-49(51)38-29-30-44-42(31-38)40-21-11-13-23-43(40)56(44)39-19-9-4-10-20-39/h2-31H,1,32-33H2,(H2,51,55). The van der Waals surface area contributed by atoms with E-state index in [1.54, 1.807) is 11.3 Å². The van der Waals surface area contributed by atoms with Crippen molar-refractivity contribution in [3.05, 3.63) is 204 Å². The molecule has 0 unspecified atom stereocenters. The first-order valence-corrected chi connectivity index (χ1v) is 19.7. The zero-order valence-electron chi connectivity index (χ0n) is 31.2. The number of aliphatic imine (C=N–C) groups is 4. The number of rotatable bonds is 9. The van der Waals surface area contributed by atoms with E-state index in [-0.39, 0.29) is 0 Å². The van der Waals surface area contributed by atoms with Gasteiger partial charge in [0.1, 0.15) is 11.7 Å². The molecule has 274 valence electrons. The van der Waals surface area contributed by atoms with Gasteiger partial charge in [-0.25, -0.2) is 15.0 Å². The zero-order valence-corrected chi connectivity index (χ0v) is 32.0. The highest BCUT2D eigenvalue weighted by molar-refractivity contribution is 7.19. The van der Waals surface area contributed by atoms with E-state index >= 15 is 0 Å². The van der Waals surface area contributed by atoms with Gasteiger partial charge in [0, 0.05) is 49.0 Å². The van der Waals surface area contributed by atoms with Crippen LogP contribution < -0.4 is 5.73 Å². The Bertz CT molecular complexity index is 2960. The number of benzene rings is 7. The van der Waals surface area contributed by atoms with Crippen molar-refractivity contribution < 1.29 is 0 Å². The molecule has 7 aromatic carbocycles. The lowest BCUT2D eigenvalue weighted by Crippen LogP contribution is -2.13. The van der Waals surface area contributed by atoms with E-state index < -0.39 is 0 Å². The predicted molar refractivity (Wildman–Crippen MR) is 242 cm³/mol. The molecule has 2 N–H and O–H groups in total. The van der Waals surface area contributed by atoms with Crippen molar-refractivity contribution in [1.29, 1.82) is 0 Å². The molecular weight excluding hydrogens is 717 g/mol. The lowest BCUT2D eigenvalue weighted by molar-refractivity contribution is 1.05. The largest absolute Gasteiger partial charge is 0.383 e. The normalized spacial score (nSPS) is 12.5. The van der Waals surface area contributed by atoms with E-state index in [2.05, 4.69) is 138 Å². The minimum atomic E-state index is 0.434. The first-order valence-electron chi connectivity index (χ1n) is 18.8. The number of hydrogen-bond acceptors (Lipinski definition) is 3. The number of para-hydroxylation sites is 2. The minimum absolute atomic E-state index is 0.434. The predicted octanol–water partition coefficient (Wildman–Crippen LogP) is 12.0. The summed E-state index contributed by atoms with van der Waals surface area (Å²) in [6, 6.07) is 62.4. The van der Waals surface area contributed by atoms with E-state index in [0.717, 1.165) is 76.0 Å². The summed E-state index contributed by atoms with van der Waals surface area (Å²) in [6.45, 7) is 4.38. The molecule has 0 aliphatic heterocycles. The number of fused-ring (bicyclic) bond motifs is 4. The molecule has 7 heteroatoms. The van der Waals surface area contributed by atoms with Crippen LogP contribution in [0.3, 0.4) is 0 Å². The molecule has 9 aromatic rings. The number of amidine groups is 3. The quantitative estimate of drug-likeness (QED) is 0.116. The molecule has 0 amide bonds. The summed E-state index contributed by atoms with van der Waals surface area (Å²) < 4.78 is 3.41. The molecule has 0 radical (unpaired) electrons. The summed E-state index contributed by atoms with van der Waals surface area (Å²) in [5.41, 5.74) is 16.2. The SMILES string of the molecule is C=NC(=NC(Cc1sc2ccccc2c1N=C(N)c1ccc2c(c1)c1ccccc1n2-c1ccccc1)=NCc1ccccc1)c1ccc(-c2ccccc2)cc1. The van der Waals surface area contributed by atoms with Crippen LogP contribution in [-0.2, 0) is 13.0 Å². The third-order valence-electron chi connectivity index (χ3n) is 10.1. The molecule has 9 rings (SSSR count). The number of nitrogens with zero attached hydrogens (tertiary/aromatic N) is 5. The van der Waals surface area contributed by atoms with Gasteiger partial charge in [0.2, 0.25) is 0 Å². The van der Waals surface area contributed by atoms with Gasteiger partial charge in [-0.1, -0.05) is 140 Å². The van der Waals surface area contributed by atoms with Gasteiger partial charge >= 0.3 is 0 Å². The molecular formula is C50H38N6S. The molecule has 0 bridgehead atoms. The van der Waals surface area contributed by atoms with Crippen LogP contribution in [0.15, 0.2) is 202 Å². The maximum atomic E-state index is 6.96. The Kier molecular flexibility index (Phi) is 9.88. The molecule has 2 heterocycles. The highest BCUT2D eigenvalue weighted by Gasteiger charge is 2.18. The second kappa shape index (κ2) is 15.9. The first-order chi connectivity index (χ1) is 28.1. The molecule has 0 saturated carbocycles. The number of nitrogens with two attached hydrogens (primary N) is 1. The van der Waals surface area contributed by atoms with Crippen LogP contribution in [0.2, 0.25) is 0 Å². The van der Waals surface area contributed by atoms with Crippen LogP contribution in [0.4, 0.5) is 5.69 Å². The maximum absolute atomic E-state index is 6.96. The smallest absolute Gasteiger partial charge is 0.160 e. The fourth-order valence-electron chi connectivity index (χ4n) is 7.29. The lowest BCUT2D eigenvalue weighted by atomic mass is 10.0. The average Bonchev–Trinajstić information content (AvgIpc) is 3.79. The second-order valence-corrected chi connectivity index (χ2v) is 14.9. The van der Waals surface area contributed by atoms with Gasteiger partial charge in [-0.05, 0) is 65.9 Å². The summed E-state index contributed by atoms with van der Waals surface area (Å²) in [6.07, 6.45) is 0.434. The molecule has 2 aromatic heterocycles. The van der Waals surface area contributed by atoms with Crippen molar-refractivity contribution >= 4 is 73.1 Å². The van der Waals surface area contributed by atoms with E-state index in [1.165, 1.54) is 0 Å². The maximum Gasteiger partial charge on any atom is 0.160 e. The highest BCUT2D eigenvalue weighted by atomic mass is 32.1. The van der Waals surface area contributed by atoms with Crippen LogP contribution in [0, 0.1) is 0 Å². The third-order valence-corrected chi connectivity index (χ3v) is 11.3. The number of hydrogen-bond donors (Lipinski definition) is 1. The van der Waals surface area contributed by atoms with Gasteiger partial charge in [-0.3, -0.25) is 4.99 Å². The Labute approximate surface area is 335 Å². The van der Waals surface area contributed by atoms with Crippen LogP contribution in [0.5, 0.6) is 0 Å². The topological polar surface area (TPSA) is 80.4 Å². The summed E-state index contributed by atoms with van der Waals surface area (Å²) in [5.74, 6) is 1.58. The second-order valence-electron chi connectivity index (χ2n) is 13.7. The molecule has 0 aliphatic carbocycles. The van der Waals surface area contributed by atoms with Gasteiger partial charge in [-0.2, -0.15) is 0 Å². The Morgan fingerprint density at radius 3 is 1.96 bits per heavy atom. The fourth-order valence-corrected chi connectivity index (χ4v) is 8.43. The molecule has 0 fully saturated rings. The summed E-state index contributed by atoms with van der Waals surface area (Å²) >= 11 is 1.68. The van der Waals surface area contributed by atoms with Gasteiger partial charge in [0.15, 0.2) is 5.84 Å². The van der Waals surface area contributed by atoms with E-state index in [1.807, 2.05) is 60.7 Å². The Balaban J connectivity index is 1.11. The Hall–Kier alpha value is -7.22. The van der Waals surface area contributed by atoms with Crippen molar-refractivity contribution in [3.63, 3.8) is 0 Å². The van der Waals surface area contributed by atoms with Crippen LogP contribution in [0.1, 0.15) is 21.6 Å². The lowest BCUT2D eigenvalue weighted by Gasteiger charge is -2.08. The average molecular weight is 755 g/mol. The van der Waals surface area contributed by atoms with Crippen LogP contribution in [0.25, 0.3) is 48.7 Å². The Morgan fingerprint density at radius 2 is 1.21 bits per heavy atom. The molecule has 0 saturated heterocycles. The minimum Gasteiger partial charge on any atom is -0.383 e. The van der Waals surface area contributed by atoms with Crippen molar-refractivity contribution in [2.24, 2.45) is 25.7 Å². The molecule has 6 nitrogen and oxygen atoms in total. The molecule has 0 aliphatic rings. The van der Waals surface area contributed by atoms with Gasteiger partial charge in [-0.15, -0.1) is 11.3 Å². The first kappa shape index (κ1) is 35.5. The highest BCUT2D eigenvalue weighted by Crippen LogP contribution is 2.39. The van der Waals surface area contributed by atoms with Gasteiger partial charge in [0.25, 0.3) is 0 Å². The summed E-state index contributed by atoms with van der Waals surface area (Å²) in [7, 11) is 0.